The third kappa shape index (κ3) is 4.32. The molecule has 2 atom stereocenters. The van der Waals surface area contributed by atoms with Crippen molar-refractivity contribution in [2.24, 2.45) is 0 Å². The number of aliphatic hydroxyl groups excluding tert-OH is 1. The van der Waals surface area contributed by atoms with E-state index in [0.29, 0.717) is 0 Å². The molecule has 84 valence electrons. The van der Waals surface area contributed by atoms with Gasteiger partial charge in [-0.05, 0) is 44.5 Å². The molecule has 0 aromatic heterocycles. The van der Waals surface area contributed by atoms with Crippen molar-refractivity contribution in [1.82, 2.24) is 5.32 Å². The van der Waals surface area contributed by atoms with Crippen LogP contribution in [0, 0.1) is 0 Å². The fourth-order valence-corrected chi connectivity index (χ4v) is 1.42. The van der Waals surface area contributed by atoms with E-state index in [4.69, 9.17) is 5.11 Å². The lowest BCUT2D eigenvalue weighted by Gasteiger charge is -2.15. The third-order valence-corrected chi connectivity index (χ3v) is 2.38. The van der Waals surface area contributed by atoms with Gasteiger partial charge < -0.3 is 15.5 Å². The molecule has 3 N–H and O–H groups in total. The fraction of sp³-hybridized carbons (Fsp3) is 0.500. The molecule has 0 fully saturated rings. The van der Waals surface area contributed by atoms with Gasteiger partial charge in [0.2, 0.25) is 0 Å². The Bertz CT molecular complexity index is 299. The molecule has 0 saturated carbocycles. The van der Waals surface area contributed by atoms with Crippen molar-refractivity contribution in [3.63, 3.8) is 0 Å². The molecule has 0 amide bonds. The third-order valence-electron chi connectivity index (χ3n) is 2.38. The van der Waals surface area contributed by atoms with Crippen molar-refractivity contribution >= 4 is 0 Å². The predicted octanol–water partition coefficient (Wildman–Crippen LogP) is 1.81. The first-order chi connectivity index (χ1) is 7.09. The molecule has 0 aliphatic rings. The molecule has 2 unspecified atom stereocenters. The fourth-order valence-electron chi connectivity index (χ4n) is 1.42. The van der Waals surface area contributed by atoms with E-state index in [2.05, 4.69) is 5.32 Å². The van der Waals surface area contributed by atoms with Crippen LogP contribution in [-0.4, -0.2) is 22.9 Å². The van der Waals surface area contributed by atoms with Gasteiger partial charge in [0.1, 0.15) is 5.75 Å². The van der Waals surface area contributed by atoms with E-state index in [1.807, 2.05) is 19.1 Å². The van der Waals surface area contributed by atoms with Crippen LogP contribution >= 0.6 is 0 Å². The Morgan fingerprint density at radius 3 is 2.67 bits per heavy atom. The molecule has 0 bridgehead atoms. The van der Waals surface area contributed by atoms with Crippen LogP contribution in [0.1, 0.15) is 31.9 Å². The summed E-state index contributed by atoms with van der Waals surface area (Å²) in [6, 6.07) is 7.40. The maximum atomic E-state index is 9.31. The average molecular weight is 209 g/mol. The second-order valence-electron chi connectivity index (χ2n) is 3.91. The van der Waals surface area contributed by atoms with Crippen molar-refractivity contribution in [1.29, 1.82) is 0 Å². The summed E-state index contributed by atoms with van der Waals surface area (Å²) >= 11 is 0. The summed E-state index contributed by atoms with van der Waals surface area (Å²) in [6.07, 6.45) is 0.470. The summed E-state index contributed by atoms with van der Waals surface area (Å²) in [5.41, 5.74) is 1.06. The number of phenols is 1. The number of benzene rings is 1. The average Bonchev–Trinajstić information content (AvgIpc) is 2.17. The Morgan fingerprint density at radius 1 is 1.33 bits per heavy atom. The molecule has 3 nitrogen and oxygen atoms in total. The number of nitrogens with one attached hydrogen (secondary N) is 1. The van der Waals surface area contributed by atoms with Crippen LogP contribution in [0.15, 0.2) is 24.3 Å². The van der Waals surface area contributed by atoms with Crippen LogP contribution < -0.4 is 5.32 Å². The first kappa shape index (κ1) is 12.0. The Morgan fingerprint density at radius 2 is 2.07 bits per heavy atom. The lowest BCUT2D eigenvalue weighted by atomic mass is 10.1. The molecule has 0 heterocycles. The van der Waals surface area contributed by atoms with Gasteiger partial charge in [-0.15, -0.1) is 0 Å². The van der Waals surface area contributed by atoms with Crippen molar-refractivity contribution in [3.05, 3.63) is 29.8 Å². The summed E-state index contributed by atoms with van der Waals surface area (Å²) in [6.45, 7) is 4.59. The van der Waals surface area contributed by atoms with E-state index in [-0.39, 0.29) is 17.9 Å². The first-order valence-corrected chi connectivity index (χ1v) is 5.30. The van der Waals surface area contributed by atoms with Gasteiger partial charge in [-0.25, -0.2) is 0 Å². The summed E-state index contributed by atoms with van der Waals surface area (Å²) in [4.78, 5) is 0. The van der Waals surface area contributed by atoms with Crippen molar-refractivity contribution in [3.8, 4) is 5.75 Å². The van der Waals surface area contributed by atoms with Gasteiger partial charge in [0.15, 0.2) is 0 Å². The maximum absolute atomic E-state index is 9.31. The number of hydrogen-bond acceptors (Lipinski definition) is 3. The molecule has 3 heteroatoms. The van der Waals surface area contributed by atoms with Crippen LogP contribution in [0.4, 0.5) is 0 Å². The van der Waals surface area contributed by atoms with Crippen LogP contribution in [0.5, 0.6) is 5.75 Å². The molecule has 1 rings (SSSR count). The lowest BCUT2D eigenvalue weighted by molar-refractivity contribution is 0.182. The van der Waals surface area contributed by atoms with Crippen LogP contribution in [0.25, 0.3) is 0 Å². The first-order valence-electron chi connectivity index (χ1n) is 5.30. The zero-order valence-electron chi connectivity index (χ0n) is 9.27. The predicted molar refractivity (Wildman–Crippen MR) is 60.8 cm³/mol. The van der Waals surface area contributed by atoms with E-state index >= 15 is 0 Å². The minimum Gasteiger partial charge on any atom is -0.508 e. The summed E-state index contributed by atoms with van der Waals surface area (Å²) in [5, 5.41) is 21.7. The van der Waals surface area contributed by atoms with E-state index in [0.717, 1.165) is 18.5 Å². The zero-order chi connectivity index (χ0) is 11.3. The Labute approximate surface area is 90.8 Å². The number of hydrogen-bond donors (Lipinski definition) is 3. The molecule has 1 aromatic rings. The van der Waals surface area contributed by atoms with E-state index in [1.54, 1.807) is 19.1 Å². The molecule has 0 spiro atoms. The highest BCUT2D eigenvalue weighted by atomic mass is 16.3. The minimum absolute atomic E-state index is 0.191. The lowest BCUT2D eigenvalue weighted by Crippen LogP contribution is -2.22. The molecule has 0 aliphatic heterocycles. The van der Waals surface area contributed by atoms with Crippen LogP contribution in [0.3, 0.4) is 0 Å². The number of aromatic hydroxyl groups is 1. The second kappa shape index (κ2) is 5.73. The summed E-state index contributed by atoms with van der Waals surface area (Å²) in [5.74, 6) is 0.289. The van der Waals surface area contributed by atoms with Gasteiger partial charge in [-0.2, -0.15) is 0 Å². The van der Waals surface area contributed by atoms with Crippen LogP contribution in [0.2, 0.25) is 0 Å². The molecule has 15 heavy (non-hydrogen) atoms. The highest BCUT2D eigenvalue weighted by Gasteiger charge is 2.05. The van der Waals surface area contributed by atoms with Gasteiger partial charge >= 0.3 is 0 Å². The van der Waals surface area contributed by atoms with Crippen LogP contribution in [-0.2, 0) is 0 Å². The highest BCUT2D eigenvalue weighted by molar-refractivity contribution is 5.28. The number of phenolic OH excluding ortho intramolecular Hbond substituents is 1. The molecule has 1 aromatic carbocycles. The SMILES string of the molecule is CC(O)CCNC(C)c1cccc(O)c1. The largest absolute Gasteiger partial charge is 0.508 e. The number of aliphatic hydroxyl groups is 1. The maximum Gasteiger partial charge on any atom is 0.115 e. The minimum atomic E-state index is -0.270. The van der Waals surface area contributed by atoms with Crippen molar-refractivity contribution in [2.75, 3.05) is 6.54 Å². The standard InChI is InChI=1S/C12H19NO2/c1-9(14)6-7-13-10(2)11-4-3-5-12(15)8-11/h3-5,8-10,13-15H,6-7H2,1-2H3. The van der Waals surface area contributed by atoms with Gasteiger partial charge in [-0.3, -0.25) is 0 Å². The molecular weight excluding hydrogens is 190 g/mol. The van der Waals surface area contributed by atoms with Gasteiger partial charge in [0.25, 0.3) is 0 Å². The number of rotatable bonds is 5. The van der Waals surface area contributed by atoms with Crippen molar-refractivity contribution < 1.29 is 10.2 Å². The van der Waals surface area contributed by atoms with Gasteiger partial charge in [0, 0.05) is 6.04 Å². The monoisotopic (exact) mass is 209 g/mol. The smallest absolute Gasteiger partial charge is 0.115 e. The normalized spacial score (nSPS) is 14.9. The quantitative estimate of drug-likeness (QED) is 0.693. The second-order valence-corrected chi connectivity index (χ2v) is 3.91. The van der Waals surface area contributed by atoms with E-state index in [9.17, 15) is 5.11 Å². The Kier molecular flexibility index (Phi) is 4.59. The highest BCUT2D eigenvalue weighted by Crippen LogP contribution is 2.17. The Balaban J connectivity index is 2.43. The topological polar surface area (TPSA) is 52.5 Å². The molecule has 0 saturated heterocycles. The molecule has 0 aliphatic carbocycles. The van der Waals surface area contributed by atoms with Gasteiger partial charge in [-0.1, -0.05) is 12.1 Å². The van der Waals surface area contributed by atoms with E-state index in [1.165, 1.54) is 0 Å². The molecular formula is C12H19NO2. The molecule has 0 radical (unpaired) electrons. The van der Waals surface area contributed by atoms with Gasteiger partial charge in [0.05, 0.1) is 6.10 Å². The summed E-state index contributed by atoms with van der Waals surface area (Å²) in [7, 11) is 0. The summed E-state index contributed by atoms with van der Waals surface area (Å²) < 4.78 is 0. The van der Waals surface area contributed by atoms with Crippen molar-refractivity contribution in [2.45, 2.75) is 32.4 Å². The zero-order valence-corrected chi connectivity index (χ0v) is 9.27. The Hall–Kier alpha value is -1.06. The van der Waals surface area contributed by atoms with E-state index < -0.39 is 0 Å².